The number of hydrogen-bond donors (Lipinski definition) is 2. The van der Waals surface area contributed by atoms with Crippen LogP contribution in [0.1, 0.15) is 22.3 Å². The maximum absolute atomic E-state index is 12.6. The van der Waals surface area contributed by atoms with Crippen LogP contribution in [0.25, 0.3) is 0 Å². The fraction of sp³-hybridized carbons (Fsp3) is 0.263. The first-order valence-electron chi connectivity index (χ1n) is 8.23. The van der Waals surface area contributed by atoms with Crippen LogP contribution in [0.15, 0.2) is 48.5 Å². The summed E-state index contributed by atoms with van der Waals surface area (Å²) in [6.45, 7) is 1.24. The van der Waals surface area contributed by atoms with Gasteiger partial charge in [-0.2, -0.15) is 0 Å². The number of carbonyl (C=O) groups excluding carboxylic acids is 1. The number of carbonyl (C=O) groups is 2. The summed E-state index contributed by atoms with van der Waals surface area (Å²) in [5.74, 6) is -0.269. The summed E-state index contributed by atoms with van der Waals surface area (Å²) in [5, 5.41) is 11.9. The molecule has 6 nitrogen and oxygen atoms in total. The molecule has 0 aliphatic carbocycles. The average molecular weight is 338 g/mol. The van der Waals surface area contributed by atoms with Gasteiger partial charge in [-0.3, -0.25) is 9.69 Å². The van der Waals surface area contributed by atoms with Crippen molar-refractivity contribution in [2.75, 3.05) is 11.9 Å². The number of anilines is 1. The van der Waals surface area contributed by atoms with Crippen LogP contribution in [-0.2, 0) is 11.3 Å². The number of benzene rings is 2. The largest absolute Gasteiger partial charge is 0.487 e. The zero-order valence-electron chi connectivity index (χ0n) is 13.5. The van der Waals surface area contributed by atoms with E-state index in [0.717, 1.165) is 5.56 Å². The molecular weight excluding hydrogens is 320 g/mol. The first-order chi connectivity index (χ1) is 12.1. The summed E-state index contributed by atoms with van der Waals surface area (Å²) in [7, 11) is 0. The molecule has 2 aromatic rings. The van der Waals surface area contributed by atoms with E-state index >= 15 is 0 Å². The average Bonchev–Trinajstić information content (AvgIpc) is 3.00. The van der Waals surface area contributed by atoms with E-state index in [1.807, 2.05) is 24.3 Å². The van der Waals surface area contributed by atoms with Crippen LogP contribution in [-0.4, -0.2) is 40.6 Å². The molecule has 2 atom stereocenters. The number of fused-ring (bicyclic) bond motifs is 3. The van der Waals surface area contributed by atoms with Crippen molar-refractivity contribution in [1.29, 1.82) is 0 Å². The third-order valence-corrected chi connectivity index (χ3v) is 4.69. The highest BCUT2D eigenvalue weighted by Gasteiger charge is 2.39. The lowest BCUT2D eigenvalue weighted by molar-refractivity contribution is -0.120. The second kappa shape index (κ2) is 6.22. The van der Waals surface area contributed by atoms with E-state index in [2.05, 4.69) is 10.2 Å². The minimum atomic E-state index is -0.943. The van der Waals surface area contributed by atoms with Gasteiger partial charge in [0.2, 0.25) is 5.91 Å². The van der Waals surface area contributed by atoms with E-state index in [1.165, 1.54) is 0 Å². The number of rotatable bonds is 3. The van der Waals surface area contributed by atoms with Gasteiger partial charge in [0.05, 0.1) is 17.3 Å². The van der Waals surface area contributed by atoms with Crippen LogP contribution in [0.5, 0.6) is 5.75 Å². The topological polar surface area (TPSA) is 78.9 Å². The van der Waals surface area contributed by atoms with E-state index in [1.54, 1.807) is 24.3 Å². The predicted molar refractivity (Wildman–Crippen MR) is 91.7 cm³/mol. The minimum Gasteiger partial charge on any atom is -0.487 e. The Morgan fingerprint density at radius 1 is 1.20 bits per heavy atom. The van der Waals surface area contributed by atoms with E-state index < -0.39 is 5.97 Å². The molecule has 2 heterocycles. The van der Waals surface area contributed by atoms with Crippen LogP contribution in [0, 0.1) is 0 Å². The molecule has 2 bridgehead atoms. The molecule has 2 aliphatic rings. The van der Waals surface area contributed by atoms with E-state index in [-0.39, 0.29) is 23.6 Å². The van der Waals surface area contributed by atoms with Crippen molar-refractivity contribution in [3.63, 3.8) is 0 Å². The molecular formula is C19H18N2O4. The normalized spacial score (nSPS) is 22.3. The fourth-order valence-electron chi connectivity index (χ4n) is 3.45. The van der Waals surface area contributed by atoms with Gasteiger partial charge in [0.1, 0.15) is 11.9 Å². The van der Waals surface area contributed by atoms with Crippen molar-refractivity contribution in [3.05, 3.63) is 59.7 Å². The van der Waals surface area contributed by atoms with Crippen molar-refractivity contribution in [3.8, 4) is 5.75 Å². The Morgan fingerprint density at radius 3 is 2.72 bits per heavy atom. The SMILES string of the molecule is O=C(O)c1ccc(CN2CC3CC2C(=O)Nc2ccccc2O3)cc1. The van der Waals surface area contributed by atoms with Crippen molar-refractivity contribution >= 4 is 17.6 Å². The zero-order chi connectivity index (χ0) is 17.4. The Bertz CT molecular complexity index is 818. The molecule has 0 radical (unpaired) electrons. The molecule has 0 saturated carbocycles. The summed E-state index contributed by atoms with van der Waals surface area (Å²) in [6.07, 6.45) is 0.614. The third-order valence-electron chi connectivity index (χ3n) is 4.69. The molecule has 6 heteroatoms. The van der Waals surface area contributed by atoms with Crippen molar-refractivity contribution in [2.24, 2.45) is 0 Å². The van der Waals surface area contributed by atoms with Crippen molar-refractivity contribution in [1.82, 2.24) is 4.90 Å². The minimum absolute atomic E-state index is 0.0274. The standard InChI is InChI=1S/C19H18N2O4/c22-18-16-9-14(25-17-4-2-1-3-15(17)20-18)11-21(16)10-12-5-7-13(8-6-12)19(23)24/h1-8,14,16H,9-11H2,(H,20,22)(H,23,24). The number of likely N-dealkylation sites (tertiary alicyclic amines) is 1. The van der Waals surface area contributed by atoms with Crippen molar-refractivity contribution < 1.29 is 19.4 Å². The van der Waals surface area contributed by atoms with Crippen LogP contribution in [0.3, 0.4) is 0 Å². The first kappa shape index (κ1) is 15.7. The van der Waals surface area contributed by atoms with Gasteiger partial charge in [0.25, 0.3) is 0 Å². The van der Waals surface area contributed by atoms with Gasteiger partial charge < -0.3 is 15.2 Å². The Kier molecular flexibility index (Phi) is 3.89. The van der Waals surface area contributed by atoms with Gasteiger partial charge in [0, 0.05) is 19.5 Å². The highest BCUT2D eigenvalue weighted by atomic mass is 16.5. The lowest BCUT2D eigenvalue weighted by Gasteiger charge is -2.23. The van der Waals surface area contributed by atoms with Gasteiger partial charge in [0.15, 0.2) is 0 Å². The van der Waals surface area contributed by atoms with Gasteiger partial charge in [-0.05, 0) is 29.8 Å². The van der Waals surface area contributed by atoms with Gasteiger partial charge in [-0.1, -0.05) is 24.3 Å². The molecule has 2 unspecified atom stereocenters. The maximum atomic E-state index is 12.6. The second-order valence-corrected chi connectivity index (χ2v) is 6.41. The van der Waals surface area contributed by atoms with Gasteiger partial charge >= 0.3 is 5.97 Å². The summed E-state index contributed by atoms with van der Waals surface area (Å²) < 4.78 is 6.06. The molecule has 2 aromatic carbocycles. The molecule has 2 N–H and O–H groups in total. The highest BCUT2D eigenvalue weighted by Crippen LogP contribution is 2.33. The van der Waals surface area contributed by atoms with Crippen molar-refractivity contribution in [2.45, 2.75) is 25.1 Å². The molecule has 0 aromatic heterocycles. The number of amides is 1. The number of nitrogens with zero attached hydrogens (tertiary/aromatic N) is 1. The Balaban J connectivity index is 1.53. The monoisotopic (exact) mass is 338 g/mol. The molecule has 25 heavy (non-hydrogen) atoms. The number of aromatic carboxylic acids is 1. The number of nitrogens with one attached hydrogen (secondary N) is 1. The van der Waals surface area contributed by atoms with E-state index in [4.69, 9.17) is 9.84 Å². The maximum Gasteiger partial charge on any atom is 0.335 e. The Morgan fingerprint density at radius 2 is 1.96 bits per heavy atom. The molecule has 2 aliphatic heterocycles. The summed E-state index contributed by atoms with van der Waals surface area (Å²) in [5.41, 5.74) is 1.93. The summed E-state index contributed by atoms with van der Waals surface area (Å²) in [4.78, 5) is 25.7. The molecule has 1 saturated heterocycles. The van der Waals surface area contributed by atoms with E-state index in [9.17, 15) is 9.59 Å². The van der Waals surface area contributed by atoms with Crippen LogP contribution in [0.4, 0.5) is 5.69 Å². The van der Waals surface area contributed by atoms with Crippen LogP contribution >= 0.6 is 0 Å². The molecule has 1 amide bonds. The molecule has 4 rings (SSSR count). The van der Waals surface area contributed by atoms with Gasteiger partial charge in [-0.15, -0.1) is 0 Å². The summed E-state index contributed by atoms with van der Waals surface area (Å²) >= 11 is 0. The molecule has 128 valence electrons. The molecule has 1 fully saturated rings. The number of hydrogen-bond acceptors (Lipinski definition) is 4. The number of carboxylic acids is 1. The number of para-hydroxylation sites is 2. The predicted octanol–water partition coefficient (Wildman–Crippen LogP) is 2.36. The number of ether oxygens (including phenoxy) is 1. The quantitative estimate of drug-likeness (QED) is 0.898. The fourth-order valence-corrected chi connectivity index (χ4v) is 3.45. The Labute approximate surface area is 145 Å². The third kappa shape index (κ3) is 3.08. The smallest absolute Gasteiger partial charge is 0.335 e. The lowest BCUT2D eigenvalue weighted by atomic mass is 10.1. The highest BCUT2D eigenvalue weighted by molar-refractivity contribution is 5.96. The Hall–Kier alpha value is -2.86. The van der Waals surface area contributed by atoms with Crippen LogP contribution in [0.2, 0.25) is 0 Å². The van der Waals surface area contributed by atoms with E-state index in [0.29, 0.717) is 30.9 Å². The first-order valence-corrected chi connectivity index (χ1v) is 8.23. The van der Waals surface area contributed by atoms with Gasteiger partial charge in [-0.25, -0.2) is 4.79 Å². The second-order valence-electron chi connectivity index (χ2n) is 6.41. The summed E-state index contributed by atoms with van der Waals surface area (Å²) in [6, 6.07) is 14.0. The number of carboxylic acid groups (broad SMARTS) is 1. The lowest BCUT2D eigenvalue weighted by Crippen LogP contribution is -2.39. The van der Waals surface area contributed by atoms with Crippen LogP contribution < -0.4 is 10.1 Å². The molecule has 0 spiro atoms. The zero-order valence-corrected chi connectivity index (χ0v) is 13.5.